The van der Waals surface area contributed by atoms with Gasteiger partial charge in [0.2, 0.25) is 5.91 Å². The van der Waals surface area contributed by atoms with Gasteiger partial charge in [-0.15, -0.1) is 0 Å². The van der Waals surface area contributed by atoms with E-state index in [-0.39, 0.29) is 24.2 Å². The molecule has 0 aliphatic carbocycles. The molecule has 1 aromatic carbocycles. The van der Waals surface area contributed by atoms with Gasteiger partial charge in [-0.25, -0.2) is 9.18 Å². The summed E-state index contributed by atoms with van der Waals surface area (Å²) < 4.78 is 18.1. The van der Waals surface area contributed by atoms with Gasteiger partial charge in [-0.05, 0) is 18.9 Å². The average Bonchev–Trinajstić information content (AvgIpc) is 2.53. The molecule has 114 valence electrons. The molecule has 1 fully saturated rings. The second kappa shape index (κ2) is 7.06. The lowest BCUT2D eigenvalue weighted by atomic mass is 9.97. The van der Waals surface area contributed by atoms with E-state index in [1.54, 1.807) is 18.2 Å². The van der Waals surface area contributed by atoms with Crippen LogP contribution < -0.4 is 5.32 Å². The van der Waals surface area contributed by atoms with Crippen molar-refractivity contribution in [3.8, 4) is 0 Å². The van der Waals surface area contributed by atoms with Gasteiger partial charge in [0.15, 0.2) is 0 Å². The van der Waals surface area contributed by atoms with Crippen LogP contribution in [0.2, 0.25) is 0 Å². The Morgan fingerprint density at radius 3 is 2.90 bits per heavy atom. The van der Waals surface area contributed by atoms with E-state index in [0.29, 0.717) is 18.7 Å². The van der Waals surface area contributed by atoms with Crippen LogP contribution >= 0.6 is 0 Å². The van der Waals surface area contributed by atoms with Crippen LogP contribution in [0.5, 0.6) is 0 Å². The van der Waals surface area contributed by atoms with Crippen LogP contribution in [0.15, 0.2) is 24.3 Å². The summed E-state index contributed by atoms with van der Waals surface area (Å²) in [6, 6.07) is 6.33. The van der Waals surface area contributed by atoms with Crippen molar-refractivity contribution in [1.82, 2.24) is 10.2 Å². The van der Waals surface area contributed by atoms with E-state index in [1.807, 2.05) is 0 Å². The van der Waals surface area contributed by atoms with Crippen molar-refractivity contribution in [3.63, 3.8) is 0 Å². The number of likely N-dealkylation sites (tertiary alicyclic amines) is 1. The number of carbonyl (C=O) groups is 2. The number of rotatable bonds is 3. The smallest absolute Gasteiger partial charge is 0.409 e. The van der Waals surface area contributed by atoms with Crippen molar-refractivity contribution in [2.75, 3.05) is 20.2 Å². The number of hydrogen-bond acceptors (Lipinski definition) is 3. The van der Waals surface area contributed by atoms with Crippen LogP contribution in [0.25, 0.3) is 0 Å². The lowest BCUT2D eigenvalue weighted by molar-refractivity contribution is -0.126. The number of halogens is 1. The van der Waals surface area contributed by atoms with E-state index in [4.69, 9.17) is 0 Å². The minimum absolute atomic E-state index is 0.153. The Morgan fingerprint density at radius 2 is 2.19 bits per heavy atom. The highest BCUT2D eigenvalue weighted by Crippen LogP contribution is 2.17. The van der Waals surface area contributed by atoms with Gasteiger partial charge in [0.1, 0.15) is 5.82 Å². The highest BCUT2D eigenvalue weighted by Gasteiger charge is 2.28. The SMILES string of the molecule is COC(=O)N1CCCC(C(=O)NCc2ccccc2F)C1. The molecule has 1 unspecified atom stereocenters. The number of nitrogens with zero attached hydrogens (tertiary/aromatic N) is 1. The molecule has 21 heavy (non-hydrogen) atoms. The first-order valence-electron chi connectivity index (χ1n) is 6.96. The molecule has 2 rings (SSSR count). The van der Waals surface area contributed by atoms with Crippen molar-refractivity contribution < 1.29 is 18.7 Å². The Labute approximate surface area is 123 Å². The number of nitrogens with one attached hydrogen (secondary N) is 1. The maximum absolute atomic E-state index is 13.5. The van der Waals surface area contributed by atoms with Crippen molar-refractivity contribution in [2.24, 2.45) is 5.92 Å². The van der Waals surface area contributed by atoms with E-state index in [9.17, 15) is 14.0 Å². The number of amides is 2. The fraction of sp³-hybridized carbons (Fsp3) is 0.467. The fourth-order valence-corrected chi connectivity index (χ4v) is 2.45. The molecule has 1 aliphatic heterocycles. The molecular formula is C15H19FN2O3. The summed E-state index contributed by atoms with van der Waals surface area (Å²) in [7, 11) is 1.32. The number of methoxy groups -OCH3 is 1. The van der Waals surface area contributed by atoms with E-state index < -0.39 is 6.09 Å². The lowest BCUT2D eigenvalue weighted by Crippen LogP contribution is -2.45. The zero-order chi connectivity index (χ0) is 15.2. The number of carbonyl (C=O) groups excluding carboxylic acids is 2. The van der Waals surface area contributed by atoms with Crippen LogP contribution in [0.4, 0.5) is 9.18 Å². The quantitative estimate of drug-likeness (QED) is 0.926. The van der Waals surface area contributed by atoms with Gasteiger partial charge in [0.05, 0.1) is 13.0 Å². The number of hydrogen-bond donors (Lipinski definition) is 1. The van der Waals surface area contributed by atoms with Gasteiger partial charge in [0.25, 0.3) is 0 Å². The van der Waals surface area contributed by atoms with Gasteiger partial charge < -0.3 is 15.0 Å². The average molecular weight is 294 g/mol. The Balaban J connectivity index is 1.88. The molecule has 1 atom stereocenters. The van der Waals surface area contributed by atoms with Gasteiger partial charge in [-0.3, -0.25) is 4.79 Å². The number of piperidine rings is 1. The Kier molecular flexibility index (Phi) is 5.14. The molecular weight excluding hydrogens is 275 g/mol. The van der Waals surface area contributed by atoms with Crippen molar-refractivity contribution in [2.45, 2.75) is 19.4 Å². The molecule has 1 N–H and O–H groups in total. The molecule has 1 saturated heterocycles. The topological polar surface area (TPSA) is 58.6 Å². The molecule has 2 amide bonds. The van der Waals surface area contributed by atoms with E-state index in [0.717, 1.165) is 12.8 Å². The van der Waals surface area contributed by atoms with E-state index in [2.05, 4.69) is 10.1 Å². The van der Waals surface area contributed by atoms with Gasteiger partial charge >= 0.3 is 6.09 Å². The summed E-state index contributed by atoms with van der Waals surface area (Å²) in [6.07, 6.45) is 1.06. The van der Waals surface area contributed by atoms with E-state index in [1.165, 1.54) is 18.1 Å². The van der Waals surface area contributed by atoms with Crippen molar-refractivity contribution in [1.29, 1.82) is 0 Å². The molecule has 6 heteroatoms. The van der Waals surface area contributed by atoms with Crippen LogP contribution in [0, 0.1) is 11.7 Å². The predicted octanol–water partition coefficient (Wildman–Crippen LogP) is 1.92. The summed E-state index contributed by atoms with van der Waals surface area (Å²) >= 11 is 0. The second-order valence-corrected chi connectivity index (χ2v) is 5.06. The Morgan fingerprint density at radius 1 is 1.43 bits per heavy atom. The molecule has 1 aromatic rings. The molecule has 0 spiro atoms. The summed E-state index contributed by atoms with van der Waals surface area (Å²) in [5.41, 5.74) is 0.450. The largest absolute Gasteiger partial charge is 0.453 e. The molecule has 1 heterocycles. The zero-order valence-corrected chi connectivity index (χ0v) is 12.0. The van der Waals surface area contributed by atoms with Gasteiger partial charge in [-0.2, -0.15) is 0 Å². The maximum atomic E-state index is 13.5. The minimum Gasteiger partial charge on any atom is -0.453 e. The normalized spacial score (nSPS) is 18.2. The highest BCUT2D eigenvalue weighted by molar-refractivity contribution is 5.80. The maximum Gasteiger partial charge on any atom is 0.409 e. The van der Waals surface area contributed by atoms with Crippen LogP contribution in [0.3, 0.4) is 0 Å². The van der Waals surface area contributed by atoms with E-state index >= 15 is 0 Å². The monoisotopic (exact) mass is 294 g/mol. The Hall–Kier alpha value is -2.11. The fourth-order valence-electron chi connectivity index (χ4n) is 2.45. The summed E-state index contributed by atoms with van der Waals surface area (Å²) in [4.78, 5) is 25.1. The molecule has 0 aromatic heterocycles. The Bertz CT molecular complexity index is 521. The molecule has 1 aliphatic rings. The number of benzene rings is 1. The number of ether oxygens (including phenoxy) is 1. The summed E-state index contributed by atoms with van der Waals surface area (Å²) in [6.45, 7) is 1.10. The molecule has 0 saturated carbocycles. The predicted molar refractivity (Wildman–Crippen MR) is 74.9 cm³/mol. The lowest BCUT2D eigenvalue weighted by Gasteiger charge is -2.30. The molecule has 0 radical (unpaired) electrons. The third-order valence-electron chi connectivity index (χ3n) is 3.64. The highest BCUT2D eigenvalue weighted by atomic mass is 19.1. The zero-order valence-electron chi connectivity index (χ0n) is 12.0. The first kappa shape index (κ1) is 15.3. The van der Waals surface area contributed by atoms with Gasteiger partial charge in [0, 0.05) is 25.2 Å². The van der Waals surface area contributed by atoms with Crippen LogP contribution in [-0.4, -0.2) is 37.1 Å². The molecule has 0 bridgehead atoms. The molecule has 5 nitrogen and oxygen atoms in total. The van der Waals surface area contributed by atoms with Crippen LogP contribution in [0.1, 0.15) is 18.4 Å². The standard InChI is InChI=1S/C15H19FN2O3/c1-21-15(20)18-8-4-6-12(10-18)14(19)17-9-11-5-2-3-7-13(11)16/h2-3,5,7,12H,4,6,8-10H2,1H3,(H,17,19). The summed E-state index contributed by atoms with van der Waals surface area (Å²) in [5, 5.41) is 2.73. The van der Waals surface area contributed by atoms with Crippen molar-refractivity contribution in [3.05, 3.63) is 35.6 Å². The first-order valence-corrected chi connectivity index (χ1v) is 6.96. The third-order valence-corrected chi connectivity index (χ3v) is 3.64. The first-order chi connectivity index (χ1) is 10.1. The second-order valence-electron chi connectivity index (χ2n) is 5.06. The van der Waals surface area contributed by atoms with Gasteiger partial charge in [-0.1, -0.05) is 18.2 Å². The minimum atomic E-state index is -0.415. The summed E-state index contributed by atoms with van der Waals surface area (Å²) in [5.74, 6) is -0.769. The van der Waals surface area contributed by atoms with Crippen LogP contribution in [-0.2, 0) is 16.1 Å². The third kappa shape index (κ3) is 3.93. The van der Waals surface area contributed by atoms with Crippen molar-refractivity contribution >= 4 is 12.0 Å².